The van der Waals surface area contributed by atoms with Crippen LogP contribution in [0.1, 0.15) is 12.0 Å². The predicted octanol–water partition coefficient (Wildman–Crippen LogP) is 3.75. The van der Waals surface area contributed by atoms with Crippen LogP contribution < -0.4 is 10.6 Å². The van der Waals surface area contributed by atoms with E-state index in [-0.39, 0.29) is 18.2 Å². The van der Waals surface area contributed by atoms with Gasteiger partial charge in [0.1, 0.15) is 6.42 Å². The molecule has 2 aromatic rings. The molecule has 0 fully saturated rings. The summed E-state index contributed by atoms with van der Waals surface area (Å²) in [7, 11) is 0. The zero-order chi connectivity index (χ0) is 15.9. The number of rotatable bonds is 5. The van der Waals surface area contributed by atoms with Crippen molar-refractivity contribution < 1.29 is 9.59 Å². The van der Waals surface area contributed by atoms with Gasteiger partial charge in [-0.2, -0.15) is 0 Å². The lowest BCUT2D eigenvalue weighted by molar-refractivity contribution is -0.126. The highest BCUT2D eigenvalue weighted by atomic mass is 79.9. The smallest absolute Gasteiger partial charge is 0.233 e. The molecule has 22 heavy (non-hydrogen) atoms. The molecule has 0 aliphatic carbocycles. The van der Waals surface area contributed by atoms with Crippen LogP contribution in [0.15, 0.2) is 53.0 Å². The number of halogens is 2. The molecule has 0 spiro atoms. The molecule has 2 amide bonds. The highest BCUT2D eigenvalue weighted by molar-refractivity contribution is 9.10. The molecule has 0 bridgehead atoms. The van der Waals surface area contributed by atoms with Gasteiger partial charge in [-0.05, 0) is 35.9 Å². The molecule has 0 aromatic heterocycles. The minimum atomic E-state index is -0.355. The summed E-state index contributed by atoms with van der Waals surface area (Å²) in [4.78, 5) is 23.5. The zero-order valence-corrected chi connectivity index (χ0v) is 13.9. The van der Waals surface area contributed by atoms with Crippen LogP contribution in [0.25, 0.3) is 0 Å². The molecular weight excluding hydrogens is 368 g/mol. The number of benzene rings is 2. The van der Waals surface area contributed by atoms with E-state index >= 15 is 0 Å². The van der Waals surface area contributed by atoms with Crippen LogP contribution in [0.2, 0.25) is 5.02 Å². The highest BCUT2D eigenvalue weighted by Crippen LogP contribution is 2.15. The number of amides is 2. The van der Waals surface area contributed by atoms with Gasteiger partial charge in [0.05, 0.1) is 0 Å². The summed E-state index contributed by atoms with van der Waals surface area (Å²) in [5, 5.41) is 6.01. The predicted molar refractivity (Wildman–Crippen MR) is 90.7 cm³/mol. The first-order valence-corrected chi connectivity index (χ1v) is 7.76. The van der Waals surface area contributed by atoms with E-state index in [0.717, 1.165) is 10.0 Å². The molecule has 0 atom stereocenters. The van der Waals surface area contributed by atoms with E-state index < -0.39 is 0 Å². The van der Waals surface area contributed by atoms with Crippen molar-refractivity contribution in [2.75, 3.05) is 5.32 Å². The van der Waals surface area contributed by atoms with Crippen molar-refractivity contribution in [1.82, 2.24) is 5.32 Å². The Bertz CT molecular complexity index is 674. The molecule has 0 saturated carbocycles. The lowest BCUT2D eigenvalue weighted by Gasteiger charge is -2.07. The number of carbonyl (C=O) groups is 2. The SMILES string of the molecule is O=C(CC(=O)Nc1cccc(Br)c1)NCc1ccc(Cl)cc1. The zero-order valence-electron chi connectivity index (χ0n) is 11.6. The fourth-order valence-electron chi connectivity index (χ4n) is 1.78. The Hall–Kier alpha value is -1.85. The normalized spacial score (nSPS) is 10.1. The Morgan fingerprint density at radius 1 is 1.05 bits per heavy atom. The molecule has 114 valence electrons. The van der Waals surface area contributed by atoms with Crippen LogP contribution in [0.4, 0.5) is 5.69 Å². The maximum absolute atomic E-state index is 11.8. The van der Waals surface area contributed by atoms with Gasteiger partial charge in [-0.1, -0.05) is 45.7 Å². The fraction of sp³-hybridized carbons (Fsp3) is 0.125. The van der Waals surface area contributed by atoms with Crippen molar-refractivity contribution in [3.63, 3.8) is 0 Å². The summed E-state index contributed by atoms with van der Waals surface area (Å²) in [6.45, 7) is 0.361. The largest absolute Gasteiger partial charge is 0.352 e. The molecule has 0 unspecified atom stereocenters. The standard InChI is InChI=1S/C16H14BrClN2O2/c17-12-2-1-3-14(8-12)20-16(22)9-15(21)19-10-11-4-6-13(18)7-5-11/h1-8H,9-10H2,(H,19,21)(H,20,22). The van der Waals surface area contributed by atoms with Crippen molar-refractivity contribution in [2.24, 2.45) is 0 Å². The van der Waals surface area contributed by atoms with Crippen molar-refractivity contribution >= 4 is 45.0 Å². The van der Waals surface area contributed by atoms with Crippen LogP contribution in [0, 0.1) is 0 Å². The van der Waals surface area contributed by atoms with Crippen LogP contribution in [-0.2, 0) is 16.1 Å². The van der Waals surface area contributed by atoms with E-state index in [1.54, 1.807) is 30.3 Å². The summed E-state index contributed by atoms with van der Waals surface area (Å²) in [5.41, 5.74) is 1.56. The Balaban J connectivity index is 1.79. The quantitative estimate of drug-likeness (QED) is 0.775. The minimum absolute atomic E-state index is 0.222. The van der Waals surface area contributed by atoms with Gasteiger partial charge >= 0.3 is 0 Å². The van der Waals surface area contributed by atoms with E-state index in [9.17, 15) is 9.59 Å². The second kappa shape index (κ2) is 7.96. The van der Waals surface area contributed by atoms with E-state index in [4.69, 9.17) is 11.6 Å². The minimum Gasteiger partial charge on any atom is -0.352 e. The van der Waals surface area contributed by atoms with Crippen molar-refractivity contribution in [3.8, 4) is 0 Å². The third-order valence-corrected chi connectivity index (χ3v) is 3.58. The first-order valence-electron chi connectivity index (χ1n) is 6.59. The van der Waals surface area contributed by atoms with Gasteiger partial charge in [-0.25, -0.2) is 0 Å². The lowest BCUT2D eigenvalue weighted by Crippen LogP contribution is -2.27. The Labute approximate surface area is 142 Å². The molecule has 0 aliphatic rings. The number of anilines is 1. The highest BCUT2D eigenvalue weighted by Gasteiger charge is 2.09. The van der Waals surface area contributed by atoms with Gasteiger partial charge in [0.25, 0.3) is 0 Å². The second-order valence-electron chi connectivity index (χ2n) is 4.64. The van der Waals surface area contributed by atoms with Gasteiger partial charge in [0.15, 0.2) is 0 Å². The summed E-state index contributed by atoms with van der Waals surface area (Å²) >= 11 is 9.11. The Morgan fingerprint density at radius 3 is 2.45 bits per heavy atom. The third-order valence-electron chi connectivity index (χ3n) is 2.83. The van der Waals surface area contributed by atoms with Gasteiger partial charge in [-0.15, -0.1) is 0 Å². The molecule has 2 N–H and O–H groups in total. The first-order chi connectivity index (χ1) is 10.5. The number of hydrogen-bond acceptors (Lipinski definition) is 2. The maximum Gasteiger partial charge on any atom is 0.233 e. The Kier molecular flexibility index (Phi) is 5.98. The summed E-state index contributed by atoms with van der Waals surface area (Å²) in [5.74, 6) is -0.686. The van der Waals surface area contributed by atoms with Crippen molar-refractivity contribution in [3.05, 3.63) is 63.6 Å². The van der Waals surface area contributed by atoms with E-state index in [1.807, 2.05) is 18.2 Å². The van der Waals surface area contributed by atoms with E-state index in [1.165, 1.54) is 0 Å². The molecule has 0 heterocycles. The fourth-order valence-corrected chi connectivity index (χ4v) is 2.31. The lowest BCUT2D eigenvalue weighted by atomic mass is 10.2. The molecule has 4 nitrogen and oxygen atoms in total. The van der Waals surface area contributed by atoms with E-state index in [2.05, 4.69) is 26.6 Å². The Morgan fingerprint density at radius 2 is 1.77 bits per heavy atom. The third kappa shape index (κ3) is 5.50. The van der Waals surface area contributed by atoms with Gasteiger partial charge in [0, 0.05) is 21.7 Å². The second-order valence-corrected chi connectivity index (χ2v) is 5.99. The summed E-state index contributed by atoms with van der Waals surface area (Å²) in [6, 6.07) is 14.3. The van der Waals surface area contributed by atoms with Crippen LogP contribution in [0.5, 0.6) is 0 Å². The average Bonchev–Trinajstić information content (AvgIpc) is 2.46. The number of carbonyl (C=O) groups excluding carboxylic acids is 2. The van der Waals surface area contributed by atoms with Gasteiger partial charge < -0.3 is 10.6 Å². The van der Waals surface area contributed by atoms with Crippen molar-refractivity contribution in [2.45, 2.75) is 13.0 Å². The summed E-state index contributed by atoms with van der Waals surface area (Å²) < 4.78 is 0.859. The first kappa shape index (κ1) is 16.5. The van der Waals surface area contributed by atoms with Gasteiger partial charge in [0.2, 0.25) is 11.8 Å². The molecule has 0 radical (unpaired) electrons. The molecule has 0 saturated heterocycles. The average molecular weight is 382 g/mol. The monoisotopic (exact) mass is 380 g/mol. The molecular formula is C16H14BrClN2O2. The van der Waals surface area contributed by atoms with Crippen LogP contribution >= 0.6 is 27.5 Å². The topological polar surface area (TPSA) is 58.2 Å². The molecule has 0 aliphatic heterocycles. The molecule has 2 rings (SSSR count). The maximum atomic E-state index is 11.8. The van der Waals surface area contributed by atoms with Crippen LogP contribution in [0.3, 0.4) is 0 Å². The molecule has 6 heteroatoms. The van der Waals surface area contributed by atoms with Crippen molar-refractivity contribution in [1.29, 1.82) is 0 Å². The van der Waals surface area contributed by atoms with Crippen LogP contribution in [-0.4, -0.2) is 11.8 Å². The number of nitrogens with one attached hydrogen (secondary N) is 2. The number of hydrogen-bond donors (Lipinski definition) is 2. The summed E-state index contributed by atoms with van der Waals surface area (Å²) in [6.07, 6.45) is -0.222. The molecule has 2 aromatic carbocycles. The van der Waals surface area contributed by atoms with E-state index in [0.29, 0.717) is 17.3 Å². The van der Waals surface area contributed by atoms with Gasteiger partial charge in [-0.3, -0.25) is 9.59 Å².